The van der Waals surface area contributed by atoms with Crippen molar-refractivity contribution in [2.75, 3.05) is 26.3 Å². The molecule has 0 bridgehead atoms. The Morgan fingerprint density at radius 3 is 2.62 bits per heavy atom. The highest BCUT2D eigenvalue weighted by atomic mass is 35.5. The van der Waals surface area contributed by atoms with Crippen LogP contribution in [0.5, 0.6) is 0 Å². The van der Waals surface area contributed by atoms with Crippen molar-refractivity contribution in [2.45, 2.75) is 51.1 Å². The molecule has 156 valence electrons. The Kier molecular flexibility index (Phi) is 5.90. The Labute approximate surface area is 176 Å². The van der Waals surface area contributed by atoms with E-state index in [1.54, 1.807) is 10.7 Å². The van der Waals surface area contributed by atoms with Crippen LogP contribution in [0, 0.1) is 6.92 Å². The maximum atomic E-state index is 13.1. The van der Waals surface area contributed by atoms with E-state index in [1.807, 2.05) is 25.1 Å². The predicted molar refractivity (Wildman–Crippen MR) is 112 cm³/mol. The fourth-order valence-corrected chi connectivity index (χ4v) is 5.03. The van der Waals surface area contributed by atoms with Gasteiger partial charge in [0.25, 0.3) is 5.91 Å². The maximum absolute atomic E-state index is 13.1. The summed E-state index contributed by atoms with van der Waals surface area (Å²) in [5.41, 5.74) is 1.72. The van der Waals surface area contributed by atoms with Gasteiger partial charge in [0.2, 0.25) is 0 Å². The van der Waals surface area contributed by atoms with Gasteiger partial charge in [0.15, 0.2) is 5.69 Å². The molecule has 1 N–H and O–H groups in total. The fraction of sp³-hybridized carbons (Fsp3) is 0.571. The largest absolute Gasteiger partial charge is 0.379 e. The van der Waals surface area contributed by atoms with Crippen molar-refractivity contribution >= 4 is 17.5 Å². The molecule has 29 heavy (non-hydrogen) atoms. The minimum absolute atomic E-state index is 0.00786. The smallest absolute Gasteiger partial charge is 0.274 e. The molecular formula is C21H28ClN5O2. The molecule has 2 aliphatic rings. The summed E-state index contributed by atoms with van der Waals surface area (Å²) in [6.45, 7) is 7.31. The molecule has 2 aromatic rings. The number of carbonyl (C=O) groups excluding carboxylic acids is 1. The van der Waals surface area contributed by atoms with Crippen molar-refractivity contribution < 1.29 is 9.53 Å². The number of nitrogens with zero attached hydrogens (tertiary/aromatic N) is 4. The van der Waals surface area contributed by atoms with E-state index >= 15 is 0 Å². The number of para-hydroxylation sites is 1. The number of hydrogen-bond donors (Lipinski definition) is 1. The number of morpholine rings is 1. The van der Waals surface area contributed by atoms with Crippen molar-refractivity contribution in [3.05, 3.63) is 40.7 Å². The normalized spacial score (nSPS) is 20.5. The molecule has 1 aromatic carbocycles. The van der Waals surface area contributed by atoms with E-state index < -0.39 is 0 Å². The van der Waals surface area contributed by atoms with Crippen LogP contribution in [0.3, 0.4) is 0 Å². The highest BCUT2D eigenvalue weighted by molar-refractivity contribution is 6.32. The van der Waals surface area contributed by atoms with Crippen LogP contribution in [-0.2, 0) is 4.74 Å². The number of aromatic nitrogens is 3. The van der Waals surface area contributed by atoms with Crippen LogP contribution in [-0.4, -0.2) is 63.7 Å². The van der Waals surface area contributed by atoms with Gasteiger partial charge in [-0.2, -0.15) is 0 Å². The fourth-order valence-electron chi connectivity index (χ4n) is 4.81. The minimum atomic E-state index is -0.187. The van der Waals surface area contributed by atoms with Crippen LogP contribution >= 0.6 is 11.6 Å². The zero-order valence-corrected chi connectivity index (χ0v) is 17.8. The highest BCUT2D eigenvalue weighted by Gasteiger charge is 2.45. The van der Waals surface area contributed by atoms with Crippen molar-refractivity contribution in [2.24, 2.45) is 0 Å². The summed E-state index contributed by atoms with van der Waals surface area (Å²) in [5.74, 6) is -0.187. The van der Waals surface area contributed by atoms with Crippen LogP contribution in [0.15, 0.2) is 24.3 Å². The summed E-state index contributed by atoms with van der Waals surface area (Å²) in [6.07, 6.45) is 4.58. The molecule has 8 heteroatoms. The number of ether oxygens (including phenoxy) is 1. The van der Waals surface area contributed by atoms with E-state index in [9.17, 15) is 4.79 Å². The first kappa shape index (κ1) is 20.3. The molecule has 0 radical (unpaired) electrons. The maximum Gasteiger partial charge on any atom is 0.274 e. The molecule has 1 saturated heterocycles. The SMILES string of the molecule is Cc1c(C(=O)NC(C)C2(N3CCOCC3)CCCC2)nnn1-c1ccccc1Cl. The van der Waals surface area contributed by atoms with Gasteiger partial charge >= 0.3 is 0 Å². The van der Waals surface area contributed by atoms with Gasteiger partial charge in [-0.1, -0.05) is 41.8 Å². The predicted octanol–water partition coefficient (Wildman–Crippen LogP) is 2.99. The topological polar surface area (TPSA) is 72.3 Å². The first-order valence-electron chi connectivity index (χ1n) is 10.3. The number of carbonyl (C=O) groups is 1. The molecule has 1 atom stereocenters. The quantitative estimate of drug-likeness (QED) is 0.809. The molecule has 1 unspecified atom stereocenters. The Morgan fingerprint density at radius 1 is 1.24 bits per heavy atom. The van der Waals surface area contributed by atoms with Crippen LogP contribution in [0.1, 0.15) is 48.8 Å². The third-order valence-electron chi connectivity index (χ3n) is 6.45. The summed E-state index contributed by atoms with van der Waals surface area (Å²) >= 11 is 6.29. The molecule has 1 aliphatic heterocycles. The lowest BCUT2D eigenvalue weighted by atomic mass is 9.86. The minimum Gasteiger partial charge on any atom is -0.379 e. The third kappa shape index (κ3) is 3.79. The number of nitrogens with one attached hydrogen (secondary N) is 1. The summed E-state index contributed by atoms with van der Waals surface area (Å²) in [6, 6.07) is 7.42. The zero-order valence-electron chi connectivity index (χ0n) is 17.0. The van der Waals surface area contributed by atoms with E-state index in [0.717, 1.165) is 39.1 Å². The molecule has 1 amide bonds. The second-order valence-corrected chi connectivity index (χ2v) is 8.40. The summed E-state index contributed by atoms with van der Waals surface area (Å²) in [7, 11) is 0. The van der Waals surface area contributed by atoms with E-state index in [4.69, 9.17) is 16.3 Å². The number of hydrogen-bond acceptors (Lipinski definition) is 5. The molecule has 2 fully saturated rings. The van der Waals surface area contributed by atoms with Gasteiger partial charge < -0.3 is 10.1 Å². The number of halogens is 1. The van der Waals surface area contributed by atoms with Crippen LogP contribution < -0.4 is 5.32 Å². The number of amides is 1. The van der Waals surface area contributed by atoms with Crippen LogP contribution in [0.4, 0.5) is 0 Å². The van der Waals surface area contributed by atoms with Gasteiger partial charge in [-0.05, 0) is 38.8 Å². The summed E-state index contributed by atoms with van der Waals surface area (Å²) in [5, 5.41) is 12.1. The van der Waals surface area contributed by atoms with Crippen LogP contribution in [0.25, 0.3) is 5.69 Å². The second-order valence-electron chi connectivity index (χ2n) is 7.99. The second kappa shape index (κ2) is 8.42. The van der Waals surface area contributed by atoms with Crippen molar-refractivity contribution in [1.29, 1.82) is 0 Å². The molecule has 7 nitrogen and oxygen atoms in total. The van der Waals surface area contributed by atoms with Gasteiger partial charge in [-0.25, -0.2) is 4.68 Å². The first-order chi connectivity index (χ1) is 14.0. The van der Waals surface area contributed by atoms with Gasteiger partial charge in [0.1, 0.15) is 0 Å². The monoisotopic (exact) mass is 417 g/mol. The van der Waals surface area contributed by atoms with Gasteiger partial charge in [0.05, 0.1) is 29.6 Å². The van der Waals surface area contributed by atoms with Crippen molar-refractivity contribution in [3.8, 4) is 5.69 Å². The zero-order chi connectivity index (χ0) is 20.4. The highest BCUT2D eigenvalue weighted by Crippen LogP contribution is 2.38. The lowest BCUT2D eigenvalue weighted by Gasteiger charge is -2.47. The molecule has 2 heterocycles. The van der Waals surface area contributed by atoms with Crippen LogP contribution in [0.2, 0.25) is 5.02 Å². The Hall–Kier alpha value is -1.96. The Balaban J connectivity index is 1.54. The Morgan fingerprint density at radius 2 is 1.93 bits per heavy atom. The van der Waals surface area contributed by atoms with Crippen molar-refractivity contribution in [3.63, 3.8) is 0 Å². The molecular weight excluding hydrogens is 390 g/mol. The first-order valence-corrected chi connectivity index (χ1v) is 10.7. The lowest BCUT2D eigenvalue weighted by molar-refractivity contribution is -0.0323. The molecule has 1 aromatic heterocycles. The molecule has 1 saturated carbocycles. The number of rotatable bonds is 5. The average Bonchev–Trinajstić information content (AvgIpc) is 3.37. The molecule has 1 aliphatic carbocycles. The third-order valence-corrected chi connectivity index (χ3v) is 6.77. The van der Waals surface area contributed by atoms with E-state index in [1.165, 1.54) is 12.8 Å². The number of benzene rings is 1. The summed E-state index contributed by atoms with van der Waals surface area (Å²) in [4.78, 5) is 15.6. The summed E-state index contributed by atoms with van der Waals surface area (Å²) < 4.78 is 7.16. The standard InChI is InChI=1S/C21H28ClN5O2/c1-15-19(24-25-27(15)18-8-4-3-7-17(18)22)20(28)23-16(2)21(9-5-6-10-21)26-11-13-29-14-12-26/h3-4,7-8,16H,5-6,9-14H2,1-2H3,(H,23,28). The van der Waals surface area contributed by atoms with Gasteiger partial charge in [-0.3, -0.25) is 9.69 Å². The molecule has 4 rings (SSSR count). The lowest BCUT2D eigenvalue weighted by Crippen LogP contribution is -2.62. The van der Waals surface area contributed by atoms with E-state index in [-0.39, 0.29) is 17.5 Å². The van der Waals surface area contributed by atoms with Gasteiger partial charge in [0, 0.05) is 24.7 Å². The Bertz CT molecular complexity index is 872. The van der Waals surface area contributed by atoms with Crippen molar-refractivity contribution in [1.82, 2.24) is 25.2 Å². The average molecular weight is 418 g/mol. The van der Waals surface area contributed by atoms with E-state index in [2.05, 4.69) is 27.5 Å². The molecule has 0 spiro atoms. The van der Waals surface area contributed by atoms with Gasteiger partial charge in [-0.15, -0.1) is 5.10 Å². The van der Waals surface area contributed by atoms with E-state index in [0.29, 0.717) is 22.1 Å².